The average Bonchev–Trinajstić information content (AvgIpc) is 2.97. The molecular weight excluding hydrogens is 314 g/mol. The minimum Gasteiger partial charge on any atom is -0.465 e. The second-order valence-corrected chi connectivity index (χ2v) is 7.14. The lowest BCUT2D eigenvalue weighted by Crippen LogP contribution is -2.27. The third-order valence-electron chi connectivity index (χ3n) is 4.02. The van der Waals surface area contributed by atoms with E-state index in [1.54, 1.807) is 0 Å². The van der Waals surface area contributed by atoms with E-state index in [0.717, 1.165) is 18.4 Å². The van der Waals surface area contributed by atoms with Gasteiger partial charge in [0.15, 0.2) is 0 Å². The summed E-state index contributed by atoms with van der Waals surface area (Å²) in [5.74, 6) is -0.494. The lowest BCUT2D eigenvalue weighted by atomic mass is 10.1. The summed E-state index contributed by atoms with van der Waals surface area (Å²) in [4.78, 5) is 11.5. The molecule has 2 aromatic carbocycles. The number of nitrogens with one attached hydrogen (secondary N) is 1. The fraction of sp³-hybridized carbons (Fsp3) is 0.235. The van der Waals surface area contributed by atoms with Gasteiger partial charge in [-0.05, 0) is 48.2 Å². The zero-order valence-electron chi connectivity index (χ0n) is 12.7. The van der Waals surface area contributed by atoms with Gasteiger partial charge in [0.1, 0.15) is 0 Å². The van der Waals surface area contributed by atoms with Gasteiger partial charge in [0.05, 0.1) is 17.6 Å². The molecule has 1 aliphatic carbocycles. The van der Waals surface area contributed by atoms with E-state index >= 15 is 0 Å². The molecule has 3 rings (SSSR count). The van der Waals surface area contributed by atoms with E-state index in [-0.39, 0.29) is 10.9 Å². The number of rotatable bonds is 4. The highest BCUT2D eigenvalue weighted by molar-refractivity contribution is 7.89. The van der Waals surface area contributed by atoms with Crippen LogP contribution >= 0.6 is 0 Å². The predicted octanol–water partition coefficient (Wildman–Crippen LogP) is 2.44. The molecule has 2 aromatic rings. The van der Waals surface area contributed by atoms with Crippen LogP contribution in [0.4, 0.5) is 0 Å². The third kappa shape index (κ3) is 3.13. The number of hydrogen-bond donors (Lipinski definition) is 1. The zero-order chi connectivity index (χ0) is 16.4. The van der Waals surface area contributed by atoms with Gasteiger partial charge in [0.25, 0.3) is 0 Å². The van der Waals surface area contributed by atoms with Gasteiger partial charge in [-0.25, -0.2) is 17.9 Å². The molecule has 120 valence electrons. The van der Waals surface area contributed by atoms with Crippen molar-refractivity contribution in [1.29, 1.82) is 0 Å². The Morgan fingerprint density at radius 3 is 2.52 bits per heavy atom. The van der Waals surface area contributed by atoms with E-state index in [0.29, 0.717) is 5.56 Å². The highest BCUT2D eigenvalue weighted by Gasteiger charge is 2.27. The maximum Gasteiger partial charge on any atom is 0.337 e. The molecule has 1 N–H and O–H groups in total. The van der Waals surface area contributed by atoms with Crippen LogP contribution in [0, 0.1) is 0 Å². The van der Waals surface area contributed by atoms with Crippen LogP contribution in [0.15, 0.2) is 53.4 Å². The van der Waals surface area contributed by atoms with Crippen LogP contribution < -0.4 is 4.72 Å². The summed E-state index contributed by atoms with van der Waals surface area (Å²) in [6.45, 7) is 0. The third-order valence-corrected chi connectivity index (χ3v) is 5.50. The minimum atomic E-state index is -3.64. The number of esters is 1. The molecule has 0 bridgehead atoms. The number of benzene rings is 2. The van der Waals surface area contributed by atoms with Crippen molar-refractivity contribution in [2.24, 2.45) is 0 Å². The molecule has 0 fully saturated rings. The van der Waals surface area contributed by atoms with Crippen molar-refractivity contribution in [1.82, 2.24) is 4.72 Å². The first kappa shape index (κ1) is 15.7. The normalized spacial score (nSPS) is 16.8. The first-order chi connectivity index (χ1) is 11.0. The molecule has 1 atom stereocenters. The van der Waals surface area contributed by atoms with E-state index in [4.69, 9.17) is 0 Å². The average molecular weight is 331 g/mol. The lowest BCUT2D eigenvalue weighted by Gasteiger charge is -2.14. The Balaban J connectivity index is 1.81. The highest BCUT2D eigenvalue weighted by atomic mass is 32.2. The highest BCUT2D eigenvalue weighted by Crippen LogP contribution is 2.32. The lowest BCUT2D eigenvalue weighted by molar-refractivity contribution is 0.0600. The first-order valence-corrected chi connectivity index (χ1v) is 8.78. The summed E-state index contributed by atoms with van der Waals surface area (Å²) in [5.41, 5.74) is 2.53. The van der Waals surface area contributed by atoms with Crippen LogP contribution in [-0.2, 0) is 21.2 Å². The Labute approximate surface area is 135 Å². The molecular formula is C17H17NO4S. The first-order valence-electron chi connectivity index (χ1n) is 7.30. The number of fused-ring (bicyclic) bond motifs is 1. The van der Waals surface area contributed by atoms with Crippen molar-refractivity contribution in [3.05, 3.63) is 65.2 Å². The van der Waals surface area contributed by atoms with Crippen molar-refractivity contribution in [3.8, 4) is 0 Å². The Morgan fingerprint density at radius 2 is 1.83 bits per heavy atom. The summed E-state index contributed by atoms with van der Waals surface area (Å²) >= 11 is 0. The van der Waals surface area contributed by atoms with Gasteiger partial charge >= 0.3 is 5.97 Å². The molecule has 0 aliphatic heterocycles. The molecule has 6 heteroatoms. The van der Waals surface area contributed by atoms with E-state index < -0.39 is 16.0 Å². The molecule has 0 amide bonds. The number of carbonyl (C=O) groups is 1. The summed E-state index contributed by atoms with van der Waals surface area (Å²) in [5, 5.41) is 0. The number of hydrogen-bond acceptors (Lipinski definition) is 4. The maximum atomic E-state index is 12.5. The molecule has 0 heterocycles. The number of methoxy groups -OCH3 is 1. The monoisotopic (exact) mass is 331 g/mol. The van der Waals surface area contributed by atoms with Crippen LogP contribution in [0.3, 0.4) is 0 Å². The molecule has 0 saturated carbocycles. The van der Waals surface area contributed by atoms with E-state index in [1.165, 1.54) is 36.9 Å². The second kappa shape index (κ2) is 6.14. The van der Waals surface area contributed by atoms with Crippen molar-refractivity contribution in [2.45, 2.75) is 23.8 Å². The van der Waals surface area contributed by atoms with Gasteiger partial charge in [-0.1, -0.05) is 24.3 Å². The molecule has 23 heavy (non-hydrogen) atoms. The zero-order valence-corrected chi connectivity index (χ0v) is 13.5. The van der Waals surface area contributed by atoms with Crippen LogP contribution in [0.5, 0.6) is 0 Å². The van der Waals surface area contributed by atoms with E-state index in [2.05, 4.69) is 9.46 Å². The largest absolute Gasteiger partial charge is 0.465 e. The summed E-state index contributed by atoms with van der Waals surface area (Å²) in [7, 11) is -2.35. The molecule has 0 spiro atoms. The topological polar surface area (TPSA) is 72.5 Å². The predicted molar refractivity (Wildman–Crippen MR) is 85.6 cm³/mol. The van der Waals surface area contributed by atoms with E-state index in [1.807, 2.05) is 24.3 Å². The summed E-state index contributed by atoms with van der Waals surface area (Å²) in [6, 6.07) is 13.4. The van der Waals surface area contributed by atoms with Gasteiger partial charge in [-0.3, -0.25) is 0 Å². The maximum absolute atomic E-state index is 12.5. The van der Waals surface area contributed by atoms with Crippen LogP contribution in [0.2, 0.25) is 0 Å². The molecule has 1 aliphatic rings. The number of ether oxygens (including phenoxy) is 1. The Hall–Kier alpha value is -2.18. The van der Waals surface area contributed by atoms with Crippen LogP contribution in [-0.4, -0.2) is 21.5 Å². The van der Waals surface area contributed by atoms with Gasteiger partial charge in [-0.15, -0.1) is 0 Å². The molecule has 0 unspecified atom stereocenters. The molecule has 0 saturated heterocycles. The standard InChI is InChI=1S/C17H17NO4S/c1-22-17(19)13-6-9-14(10-7-13)23(20,21)18-16-11-8-12-4-2-3-5-15(12)16/h2-7,9-10,16,18H,8,11H2,1H3/t16-/m0/s1. The molecule has 0 radical (unpaired) electrons. The fourth-order valence-corrected chi connectivity index (χ4v) is 4.07. The SMILES string of the molecule is COC(=O)c1ccc(S(=O)(=O)N[C@H]2CCc3ccccc32)cc1. The fourth-order valence-electron chi connectivity index (χ4n) is 2.82. The van der Waals surface area contributed by atoms with Gasteiger partial charge in [-0.2, -0.15) is 0 Å². The molecule has 0 aromatic heterocycles. The van der Waals surface area contributed by atoms with Crippen LogP contribution in [0.1, 0.15) is 33.9 Å². The van der Waals surface area contributed by atoms with Crippen LogP contribution in [0.25, 0.3) is 0 Å². The van der Waals surface area contributed by atoms with Crippen molar-refractivity contribution >= 4 is 16.0 Å². The Morgan fingerprint density at radius 1 is 1.13 bits per heavy atom. The summed E-state index contributed by atoms with van der Waals surface area (Å²) < 4.78 is 32.4. The van der Waals surface area contributed by atoms with Gasteiger partial charge in [0.2, 0.25) is 10.0 Å². The van der Waals surface area contributed by atoms with E-state index in [9.17, 15) is 13.2 Å². The molecule has 5 nitrogen and oxygen atoms in total. The Bertz CT molecular complexity index is 828. The number of aryl methyl sites for hydroxylation is 1. The van der Waals surface area contributed by atoms with Crippen molar-refractivity contribution in [3.63, 3.8) is 0 Å². The number of sulfonamides is 1. The van der Waals surface area contributed by atoms with Gasteiger partial charge < -0.3 is 4.74 Å². The quantitative estimate of drug-likeness (QED) is 0.874. The summed E-state index contributed by atoms with van der Waals surface area (Å²) in [6.07, 6.45) is 1.61. The number of carbonyl (C=O) groups excluding carboxylic acids is 1. The minimum absolute atomic E-state index is 0.134. The van der Waals surface area contributed by atoms with Crippen molar-refractivity contribution < 1.29 is 17.9 Å². The second-order valence-electron chi connectivity index (χ2n) is 5.43. The smallest absolute Gasteiger partial charge is 0.337 e. The van der Waals surface area contributed by atoms with Crippen molar-refractivity contribution in [2.75, 3.05) is 7.11 Å². The Kier molecular flexibility index (Phi) is 4.19. The van der Waals surface area contributed by atoms with Gasteiger partial charge in [0, 0.05) is 6.04 Å².